The topological polar surface area (TPSA) is 41.1 Å². The first-order chi connectivity index (χ1) is 11.2. The van der Waals surface area contributed by atoms with Crippen LogP contribution in [0.2, 0.25) is 0 Å². The lowest BCUT2D eigenvalue weighted by atomic mass is 10.00. The van der Waals surface area contributed by atoms with Crippen LogP contribution in [-0.2, 0) is 0 Å². The molecule has 3 rings (SSSR count). The Morgan fingerprint density at radius 1 is 1.26 bits per heavy atom. The van der Waals surface area contributed by atoms with Crippen LogP contribution in [0, 0.1) is 12.7 Å². The number of halogens is 1. The highest BCUT2D eigenvalue weighted by molar-refractivity contribution is 5.56. The highest BCUT2D eigenvalue weighted by atomic mass is 19.1. The molecule has 0 aliphatic carbocycles. The largest absolute Gasteiger partial charge is 0.353 e. The van der Waals surface area contributed by atoms with Gasteiger partial charge < -0.3 is 10.2 Å². The smallest absolute Gasteiger partial charge is 0.229 e. The molecule has 1 fully saturated rings. The number of aryl methyl sites for hydroxylation is 1. The summed E-state index contributed by atoms with van der Waals surface area (Å²) in [4.78, 5) is 11.4. The van der Waals surface area contributed by atoms with Crippen molar-refractivity contribution in [2.45, 2.75) is 45.6 Å². The maximum atomic E-state index is 13.8. The fourth-order valence-electron chi connectivity index (χ4n) is 3.16. The SMILES string of the molecule is CCC1CCCCN1c1cc(C)nc(Nc2ccccc2F)n1. The Morgan fingerprint density at radius 3 is 2.87 bits per heavy atom. The number of hydrogen-bond acceptors (Lipinski definition) is 4. The number of piperidine rings is 1. The summed E-state index contributed by atoms with van der Waals surface area (Å²) in [7, 11) is 0. The molecule has 5 heteroatoms. The first kappa shape index (κ1) is 15.7. The lowest BCUT2D eigenvalue weighted by Crippen LogP contribution is -2.39. The van der Waals surface area contributed by atoms with Crippen molar-refractivity contribution in [3.05, 3.63) is 41.8 Å². The van der Waals surface area contributed by atoms with Gasteiger partial charge in [0, 0.05) is 24.3 Å². The first-order valence-corrected chi connectivity index (χ1v) is 8.31. The van der Waals surface area contributed by atoms with Crippen LogP contribution in [-0.4, -0.2) is 22.6 Å². The third-order valence-electron chi connectivity index (χ3n) is 4.35. The van der Waals surface area contributed by atoms with Crippen molar-refractivity contribution in [3.8, 4) is 0 Å². The van der Waals surface area contributed by atoms with Gasteiger partial charge >= 0.3 is 0 Å². The van der Waals surface area contributed by atoms with Crippen molar-refractivity contribution in [2.24, 2.45) is 0 Å². The Balaban J connectivity index is 1.88. The van der Waals surface area contributed by atoms with E-state index in [1.54, 1.807) is 18.2 Å². The molecule has 0 spiro atoms. The Bertz CT molecular complexity index is 674. The van der Waals surface area contributed by atoms with Crippen molar-refractivity contribution in [3.63, 3.8) is 0 Å². The van der Waals surface area contributed by atoms with E-state index in [0.29, 0.717) is 17.7 Å². The van der Waals surface area contributed by atoms with Gasteiger partial charge in [-0.3, -0.25) is 0 Å². The van der Waals surface area contributed by atoms with Crippen LogP contribution >= 0.6 is 0 Å². The molecule has 1 atom stereocenters. The van der Waals surface area contributed by atoms with Crippen molar-refractivity contribution in [2.75, 3.05) is 16.8 Å². The summed E-state index contributed by atoms with van der Waals surface area (Å²) in [5.74, 6) is 1.08. The molecule has 0 amide bonds. The summed E-state index contributed by atoms with van der Waals surface area (Å²) in [6, 6.07) is 9.12. The fourth-order valence-corrected chi connectivity index (χ4v) is 3.16. The molecule has 0 radical (unpaired) electrons. The lowest BCUT2D eigenvalue weighted by Gasteiger charge is -2.36. The van der Waals surface area contributed by atoms with E-state index in [4.69, 9.17) is 0 Å². The predicted octanol–water partition coefficient (Wildman–Crippen LogP) is 4.44. The van der Waals surface area contributed by atoms with Gasteiger partial charge in [0.2, 0.25) is 5.95 Å². The van der Waals surface area contributed by atoms with E-state index in [2.05, 4.69) is 27.1 Å². The maximum absolute atomic E-state index is 13.8. The molecule has 2 heterocycles. The van der Waals surface area contributed by atoms with E-state index >= 15 is 0 Å². The number of benzene rings is 1. The molecule has 23 heavy (non-hydrogen) atoms. The molecule has 4 nitrogen and oxygen atoms in total. The minimum atomic E-state index is -0.302. The Hall–Kier alpha value is -2.17. The average molecular weight is 314 g/mol. The van der Waals surface area contributed by atoms with Crippen LogP contribution in [0.15, 0.2) is 30.3 Å². The van der Waals surface area contributed by atoms with Gasteiger partial charge in [-0.05, 0) is 44.7 Å². The summed E-state index contributed by atoms with van der Waals surface area (Å²) in [5, 5.41) is 3.00. The maximum Gasteiger partial charge on any atom is 0.229 e. The molecule has 1 N–H and O–H groups in total. The average Bonchev–Trinajstić information content (AvgIpc) is 2.56. The number of hydrogen-bond donors (Lipinski definition) is 1. The second-order valence-electron chi connectivity index (χ2n) is 6.05. The zero-order chi connectivity index (χ0) is 16.2. The lowest BCUT2D eigenvalue weighted by molar-refractivity contribution is 0.446. The molecule has 1 aliphatic rings. The van der Waals surface area contributed by atoms with Gasteiger partial charge in [-0.15, -0.1) is 0 Å². The quantitative estimate of drug-likeness (QED) is 0.906. The second-order valence-corrected chi connectivity index (χ2v) is 6.05. The molecule has 1 saturated heterocycles. The van der Waals surface area contributed by atoms with E-state index in [0.717, 1.165) is 24.5 Å². The van der Waals surface area contributed by atoms with Crippen LogP contribution in [0.4, 0.5) is 21.8 Å². The molecular weight excluding hydrogens is 291 g/mol. The predicted molar refractivity (Wildman–Crippen MR) is 91.7 cm³/mol. The Morgan fingerprint density at radius 2 is 2.09 bits per heavy atom. The van der Waals surface area contributed by atoms with E-state index < -0.39 is 0 Å². The molecule has 1 unspecified atom stereocenters. The third kappa shape index (κ3) is 3.60. The van der Waals surface area contributed by atoms with Gasteiger partial charge in [0.25, 0.3) is 0 Å². The molecule has 2 aromatic rings. The highest BCUT2D eigenvalue weighted by Gasteiger charge is 2.22. The molecule has 1 aromatic heterocycles. The summed E-state index contributed by atoms with van der Waals surface area (Å²) in [5.41, 5.74) is 1.28. The van der Waals surface area contributed by atoms with Gasteiger partial charge in [0.1, 0.15) is 11.6 Å². The zero-order valence-electron chi connectivity index (χ0n) is 13.7. The minimum Gasteiger partial charge on any atom is -0.353 e. The second kappa shape index (κ2) is 6.94. The van der Waals surface area contributed by atoms with Crippen molar-refractivity contribution < 1.29 is 4.39 Å². The molecular formula is C18H23FN4. The van der Waals surface area contributed by atoms with Gasteiger partial charge in [-0.2, -0.15) is 4.98 Å². The summed E-state index contributed by atoms with van der Waals surface area (Å²) in [6.45, 7) is 5.19. The van der Waals surface area contributed by atoms with E-state index in [1.165, 1.54) is 25.3 Å². The molecule has 0 bridgehead atoms. The Labute approximate surface area is 136 Å². The molecule has 122 valence electrons. The van der Waals surface area contributed by atoms with Crippen LogP contribution in [0.3, 0.4) is 0 Å². The van der Waals surface area contributed by atoms with Gasteiger partial charge in [0.05, 0.1) is 5.69 Å². The van der Waals surface area contributed by atoms with E-state index in [-0.39, 0.29) is 5.82 Å². The van der Waals surface area contributed by atoms with Crippen LogP contribution in [0.5, 0.6) is 0 Å². The van der Waals surface area contributed by atoms with Crippen LogP contribution in [0.1, 0.15) is 38.3 Å². The Kier molecular flexibility index (Phi) is 4.74. The normalized spacial score (nSPS) is 18.0. The van der Waals surface area contributed by atoms with Crippen LogP contribution < -0.4 is 10.2 Å². The van der Waals surface area contributed by atoms with Crippen molar-refractivity contribution in [1.29, 1.82) is 0 Å². The summed E-state index contributed by atoms with van der Waals surface area (Å²) < 4.78 is 13.8. The third-order valence-corrected chi connectivity index (χ3v) is 4.35. The minimum absolute atomic E-state index is 0.302. The standard InChI is InChI=1S/C18H23FN4/c1-3-14-8-6-7-11-23(14)17-12-13(2)20-18(22-17)21-16-10-5-4-9-15(16)19/h4-5,9-10,12,14H,3,6-8,11H2,1-2H3,(H,20,21,22). The molecule has 1 aromatic carbocycles. The van der Waals surface area contributed by atoms with Gasteiger partial charge in [-0.1, -0.05) is 19.1 Å². The first-order valence-electron chi connectivity index (χ1n) is 8.31. The van der Waals surface area contributed by atoms with E-state index in [9.17, 15) is 4.39 Å². The number of nitrogens with one attached hydrogen (secondary N) is 1. The van der Waals surface area contributed by atoms with Gasteiger partial charge in [-0.25, -0.2) is 9.37 Å². The fraction of sp³-hybridized carbons (Fsp3) is 0.444. The van der Waals surface area contributed by atoms with E-state index in [1.807, 2.05) is 13.0 Å². The monoisotopic (exact) mass is 314 g/mol. The van der Waals surface area contributed by atoms with Gasteiger partial charge in [0.15, 0.2) is 0 Å². The van der Waals surface area contributed by atoms with Crippen LogP contribution in [0.25, 0.3) is 0 Å². The highest BCUT2D eigenvalue weighted by Crippen LogP contribution is 2.27. The molecule has 1 aliphatic heterocycles. The zero-order valence-corrected chi connectivity index (χ0v) is 13.7. The van der Waals surface area contributed by atoms with Crippen molar-refractivity contribution in [1.82, 2.24) is 9.97 Å². The summed E-state index contributed by atoms with van der Waals surface area (Å²) >= 11 is 0. The van der Waals surface area contributed by atoms with Crippen molar-refractivity contribution >= 4 is 17.5 Å². The number of anilines is 3. The number of aromatic nitrogens is 2. The summed E-state index contributed by atoms with van der Waals surface area (Å²) in [6.07, 6.45) is 4.78. The number of rotatable bonds is 4. The molecule has 0 saturated carbocycles. The number of para-hydroxylation sites is 1. The number of nitrogens with zero attached hydrogens (tertiary/aromatic N) is 3.